The Balaban J connectivity index is 2.81. The number of methoxy groups -OCH3 is 3. The Bertz CT molecular complexity index is 744. The molecule has 0 amide bonds. The molecule has 1 N–H and O–H groups in total. The molecule has 0 radical (unpaired) electrons. The molecule has 0 saturated carbocycles. The van der Waals surface area contributed by atoms with Gasteiger partial charge in [-0.15, -0.1) is 0 Å². The summed E-state index contributed by atoms with van der Waals surface area (Å²) in [6.07, 6.45) is 0. The third-order valence-electron chi connectivity index (χ3n) is 3.50. The first-order valence-corrected chi connectivity index (χ1v) is 7.22. The van der Waals surface area contributed by atoms with Gasteiger partial charge in [-0.2, -0.15) is 0 Å². The van der Waals surface area contributed by atoms with E-state index in [1.165, 1.54) is 0 Å². The molecule has 0 aliphatic carbocycles. The standard InChI is InChI=1S/C17H18ClNO4/c1-10(19-20)11-7-14(17(23-4)16(8-11)22-3)13-9-12(18)5-6-15(13)21-2/h5-9,20H,1-4H3/b19-10+. The van der Waals surface area contributed by atoms with E-state index in [0.29, 0.717) is 33.5 Å². The molecular weight excluding hydrogens is 318 g/mol. The predicted molar refractivity (Wildman–Crippen MR) is 90.5 cm³/mol. The number of benzene rings is 2. The lowest BCUT2D eigenvalue weighted by molar-refractivity contribution is 0.319. The van der Waals surface area contributed by atoms with Crippen LogP contribution in [0.1, 0.15) is 12.5 Å². The normalized spacial score (nSPS) is 11.3. The van der Waals surface area contributed by atoms with Crippen molar-refractivity contribution in [3.8, 4) is 28.4 Å². The summed E-state index contributed by atoms with van der Waals surface area (Å²) in [6.45, 7) is 1.69. The number of oxime groups is 1. The lowest BCUT2D eigenvalue weighted by atomic mass is 9.98. The molecule has 5 nitrogen and oxygen atoms in total. The van der Waals surface area contributed by atoms with Crippen LogP contribution in [-0.4, -0.2) is 32.2 Å². The molecule has 23 heavy (non-hydrogen) atoms. The van der Waals surface area contributed by atoms with Gasteiger partial charge >= 0.3 is 0 Å². The lowest BCUT2D eigenvalue weighted by Crippen LogP contribution is -2.01. The van der Waals surface area contributed by atoms with Crippen LogP contribution < -0.4 is 14.2 Å². The van der Waals surface area contributed by atoms with Crippen molar-refractivity contribution in [2.75, 3.05) is 21.3 Å². The highest BCUT2D eigenvalue weighted by molar-refractivity contribution is 6.31. The minimum atomic E-state index is 0.452. The van der Waals surface area contributed by atoms with Crippen LogP contribution in [0, 0.1) is 0 Å². The van der Waals surface area contributed by atoms with Crippen LogP contribution in [0.3, 0.4) is 0 Å². The molecule has 0 atom stereocenters. The molecule has 0 aliphatic heterocycles. The van der Waals surface area contributed by atoms with E-state index >= 15 is 0 Å². The Hall–Kier alpha value is -2.40. The molecule has 2 rings (SSSR count). The second kappa shape index (κ2) is 7.24. The fourth-order valence-corrected chi connectivity index (χ4v) is 2.49. The number of nitrogens with zero attached hydrogens (tertiary/aromatic N) is 1. The van der Waals surface area contributed by atoms with Gasteiger partial charge in [0.15, 0.2) is 11.5 Å². The van der Waals surface area contributed by atoms with Gasteiger partial charge in [0, 0.05) is 21.7 Å². The maximum atomic E-state index is 9.05. The number of hydrogen-bond donors (Lipinski definition) is 1. The molecule has 2 aromatic carbocycles. The Morgan fingerprint density at radius 1 is 0.957 bits per heavy atom. The summed E-state index contributed by atoms with van der Waals surface area (Å²) in [5, 5.41) is 12.9. The van der Waals surface area contributed by atoms with Crippen LogP contribution in [0.4, 0.5) is 0 Å². The Morgan fingerprint density at radius 2 is 1.65 bits per heavy atom. The van der Waals surface area contributed by atoms with Gasteiger partial charge in [-0.3, -0.25) is 0 Å². The van der Waals surface area contributed by atoms with Crippen molar-refractivity contribution in [2.24, 2.45) is 5.16 Å². The van der Waals surface area contributed by atoms with Crippen molar-refractivity contribution in [1.29, 1.82) is 0 Å². The summed E-state index contributed by atoms with van der Waals surface area (Å²) in [5.41, 5.74) is 2.63. The summed E-state index contributed by atoms with van der Waals surface area (Å²) in [7, 11) is 4.69. The predicted octanol–water partition coefficient (Wildman–Crippen LogP) is 4.23. The van der Waals surface area contributed by atoms with Crippen LogP contribution in [0.5, 0.6) is 17.2 Å². The first-order chi connectivity index (χ1) is 11.0. The van der Waals surface area contributed by atoms with Crippen molar-refractivity contribution < 1.29 is 19.4 Å². The quantitative estimate of drug-likeness (QED) is 0.504. The van der Waals surface area contributed by atoms with Gasteiger partial charge in [0.2, 0.25) is 0 Å². The van der Waals surface area contributed by atoms with E-state index < -0.39 is 0 Å². The molecule has 0 bridgehead atoms. The first-order valence-electron chi connectivity index (χ1n) is 6.84. The summed E-state index contributed by atoms with van der Waals surface area (Å²) in [6, 6.07) is 8.90. The minimum absolute atomic E-state index is 0.452. The van der Waals surface area contributed by atoms with Gasteiger partial charge in [-0.1, -0.05) is 16.8 Å². The van der Waals surface area contributed by atoms with Crippen molar-refractivity contribution in [3.05, 3.63) is 40.9 Å². The minimum Gasteiger partial charge on any atom is -0.496 e. The highest BCUT2D eigenvalue weighted by Gasteiger charge is 2.18. The molecule has 0 aliphatic rings. The summed E-state index contributed by atoms with van der Waals surface area (Å²) in [5.74, 6) is 1.71. The number of rotatable bonds is 5. The van der Waals surface area contributed by atoms with Crippen LogP contribution in [0.25, 0.3) is 11.1 Å². The zero-order chi connectivity index (χ0) is 17.0. The number of ether oxygens (including phenoxy) is 3. The lowest BCUT2D eigenvalue weighted by Gasteiger charge is -2.17. The molecule has 0 unspecified atom stereocenters. The third-order valence-corrected chi connectivity index (χ3v) is 3.73. The van der Waals surface area contributed by atoms with Crippen molar-refractivity contribution in [3.63, 3.8) is 0 Å². The van der Waals surface area contributed by atoms with E-state index in [1.54, 1.807) is 52.5 Å². The van der Waals surface area contributed by atoms with Crippen molar-refractivity contribution in [1.82, 2.24) is 0 Å². The maximum absolute atomic E-state index is 9.05. The van der Waals surface area contributed by atoms with Gasteiger partial charge in [0.1, 0.15) is 5.75 Å². The van der Waals surface area contributed by atoms with E-state index in [9.17, 15) is 0 Å². The van der Waals surface area contributed by atoms with Crippen molar-refractivity contribution in [2.45, 2.75) is 6.92 Å². The van der Waals surface area contributed by atoms with Crippen molar-refractivity contribution >= 4 is 17.3 Å². The number of hydrogen-bond acceptors (Lipinski definition) is 5. The van der Waals surface area contributed by atoms with Gasteiger partial charge in [0.25, 0.3) is 0 Å². The molecule has 2 aromatic rings. The molecule has 0 aromatic heterocycles. The SMILES string of the molecule is COc1ccc(Cl)cc1-c1cc(/C(C)=N/O)cc(OC)c1OC. The van der Waals surface area contributed by atoms with E-state index in [4.69, 9.17) is 31.0 Å². The van der Waals surface area contributed by atoms with Gasteiger partial charge < -0.3 is 19.4 Å². The zero-order valence-electron chi connectivity index (χ0n) is 13.4. The second-order valence-corrected chi connectivity index (χ2v) is 5.23. The summed E-state index contributed by atoms with van der Waals surface area (Å²) in [4.78, 5) is 0. The average molecular weight is 336 g/mol. The van der Waals surface area contributed by atoms with Crippen LogP contribution in [0.15, 0.2) is 35.5 Å². The highest BCUT2D eigenvalue weighted by Crippen LogP contribution is 2.43. The van der Waals surface area contributed by atoms with E-state index in [2.05, 4.69) is 5.16 Å². The number of halogens is 1. The largest absolute Gasteiger partial charge is 0.496 e. The first kappa shape index (κ1) is 17.0. The topological polar surface area (TPSA) is 60.3 Å². The highest BCUT2D eigenvalue weighted by atomic mass is 35.5. The van der Waals surface area contributed by atoms with Gasteiger partial charge in [-0.25, -0.2) is 0 Å². The fourth-order valence-electron chi connectivity index (χ4n) is 2.32. The van der Waals surface area contributed by atoms with E-state index in [0.717, 1.165) is 11.1 Å². The van der Waals surface area contributed by atoms with E-state index in [1.807, 2.05) is 6.07 Å². The van der Waals surface area contributed by atoms with Gasteiger partial charge in [-0.05, 0) is 37.3 Å². The summed E-state index contributed by atoms with van der Waals surface area (Å²) < 4.78 is 16.3. The maximum Gasteiger partial charge on any atom is 0.168 e. The zero-order valence-corrected chi connectivity index (χ0v) is 14.1. The van der Waals surface area contributed by atoms with Crippen LogP contribution in [-0.2, 0) is 0 Å². The molecular formula is C17H18ClNO4. The third kappa shape index (κ3) is 3.35. The molecule has 122 valence electrons. The molecule has 0 fully saturated rings. The monoisotopic (exact) mass is 335 g/mol. The summed E-state index contributed by atoms with van der Waals surface area (Å²) >= 11 is 6.13. The van der Waals surface area contributed by atoms with Crippen LogP contribution >= 0.6 is 11.6 Å². The van der Waals surface area contributed by atoms with E-state index in [-0.39, 0.29) is 0 Å². The molecule has 0 spiro atoms. The Kier molecular flexibility index (Phi) is 5.34. The molecule has 6 heteroatoms. The second-order valence-electron chi connectivity index (χ2n) is 4.79. The fraction of sp³-hybridized carbons (Fsp3) is 0.235. The van der Waals surface area contributed by atoms with Gasteiger partial charge in [0.05, 0.1) is 27.0 Å². The molecule has 0 heterocycles. The average Bonchev–Trinajstić information content (AvgIpc) is 2.59. The van der Waals surface area contributed by atoms with Crippen LogP contribution in [0.2, 0.25) is 5.02 Å². The Labute approximate surface area is 140 Å². The molecule has 0 saturated heterocycles. The smallest absolute Gasteiger partial charge is 0.168 e. The Morgan fingerprint density at radius 3 is 2.22 bits per heavy atom.